The van der Waals surface area contributed by atoms with E-state index in [-0.39, 0.29) is 68.1 Å². The number of benzene rings is 1. The maximum absolute atomic E-state index is 5.36. The Morgan fingerprint density at radius 1 is 0.643 bits per heavy atom. The summed E-state index contributed by atoms with van der Waals surface area (Å²) in [4.78, 5) is 0. The molecule has 0 amide bonds. The van der Waals surface area contributed by atoms with Gasteiger partial charge in [0.25, 0.3) is 0 Å². The number of rotatable bonds is 0. The summed E-state index contributed by atoms with van der Waals surface area (Å²) in [5.41, 5.74) is 6.18. The Balaban J connectivity index is -0.0000000140. The van der Waals surface area contributed by atoms with E-state index < -0.39 is 0 Å². The summed E-state index contributed by atoms with van der Waals surface area (Å²) in [5, 5.41) is 0. The molecule has 0 aliphatic rings. The number of halogens is 4. The summed E-state index contributed by atoms with van der Waals surface area (Å²) in [5.74, 6) is 0. The van der Waals surface area contributed by atoms with Crippen LogP contribution in [0.25, 0.3) is 0 Å². The van der Waals surface area contributed by atoms with Crippen LogP contribution >= 0.6 is 49.6 Å². The molecular formula is C6H20Cl4N4. The highest BCUT2D eigenvalue weighted by Crippen LogP contribution is 1.95. The van der Waals surface area contributed by atoms with E-state index in [1.165, 1.54) is 0 Å². The van der Waals surface area contributed by atoms with Crippen LogP contribution < -0.4 is 24.2 Å². The van der Waals surface area contributed by atoms with Crippen LogP contribution in [-0.4, -0.2) is 0 Å². The molecule has 0 saturated carbocycles. The highest BCUT2D eigenvalue weighted by Gasteiger charge is 1.72. The molecule has 0 radical (unpaired) electrons. The number of anilines is 1. The van der Waals surface area contributed by atoms with Crippen LogP contribution in [0.15, 0.2) is 30.3 Å². The molecule has 1 aromatic carbocycles. The molecule has 0 unspecified atom stereocenters. The zero-order valence-electron chi connectivity index (χ0n) is 7.72. The lowest BCUT2D eigenvalue weighted by Crippen LogP contribution is -1.79. The average Bonchev–Trinajstić information content (AvgIpc) is 1.69. The van der Waals surface area contributed by atoms with Gasteiger partial charge in [0.1, 0.15) is 0 Å². The smallest absolute Gasteiger partial charge is 0.0313 e. The third-order valence-electron chi connectivity index (χ3n) is 0.800. The zero-order chi connectivity index (χ0) is 5.11. The molecule has 0 atom stereocenters. The second-order valence-corrected chi connectivity index (χ2v) is 1.41. The Labute approximate surface area is 110 Å². The van der Waals surface area contributed by atoms with E-state index in [0.717, 1.165) is 5.69 Å². The average molecular weight is 290 g/mol. The van der Waals surface area contributed by atoms with Gasteiger partial charge >= 0.3 is 0 Å². The molecule has 1 aromatic rings. The molecule has 0 fully saturated rings. The lowest BCUT2D eigenvalue weighted by molar-refractivity contribution is 1.69. The van der Waals surface area contributed by atoms with Crippen LogP contribution in [0.4, 0.5) is 5.69 Å². The first kappa shape index (κ1) is 48.1. The van der Waals surface area contributed by atoms with Crippen LogP contribution in [0.2, 0.25) is 0 Å². The molecule has 0 saturated heterocycles. The fraction of sp³-hybridized carbons (Fsp3) is 0. The van der Waals surface area contributed by atoms with Gasteiger partial charge in [0.15, 0.2) is 0 Å². The van der Waals surface area contributed by atoms with Crippen molar-refractivity contribution in [3.05, 3.63) is 30.3 Å². The Hall–Kier alpha value is 0.0600. The summed E-state index contributed by atoms with van der Waals surface area (Å²) in [6, 6.07) is 9.49. The molecule has 0 aliphatic carbocycles. The summed E-state index contributed by atoms with van der Waals surface area (Å²) >= 11 is 0. The van der Waals surface area contributed by atoms with Gasteiger partial charge in [0.2, 0.25) is 0 Å². The maximum Gasteiger partial charge on any atom is 0.0313 e. The molecule has 0 spiro atoms. The highest BCUT2D eigenvalue weighted by molar-refractivity contribution is 5.86. The van der Waals surface area contributed by atoms with Crippen LogP contribution in [0, 0.1) is 0 Å². The molecule has 4 nitrogen and oxygen atoms in total. The number of nitrogen functional groups attached to an aromatic ring is 1. The first-order chi connectivity index (χ1) is 3.39. The quantitative estimate of drug-likeness (QED) is 0.545. The molecule has 0 aliphatic heterocycles. The van der Waals surface area contributed by atoms with Gasteiger partial charge in [-0.15, -0.1) is 49.6 Å². The SMILES string of the molecule is Cl.Cl.Cl.Cl.N.N.N.Nc1ccccc1. The van der Waals surface area contributed by atoms with Crippen LogP contribution in [0.5, 0.6) is 0 Å². The normalized spacial score (nSPS) is 4.29. The number of para-hydroxylation sites is 1. The van der Waals surface area contributed by atoms with Crippen molar-refractivity contribution in [2.45, 2.75) is 0 Å². The topological polar surface area (TPSA) is 131 Å². The molecule has 0 heterocycles. The second kappa shape index (κ2) is 29.2. The van der Waals surface area contributed by atoms with Crippen molar-refractivity contribution in [2.75, 3.05) is 5.73 Å². The lowest BCUT2D eigenvalue weighted by atomic mass is 10.3. The van der Waals surface area contributed by atoms with E-state index in [1.807, 2.05) is 30.3 Å². The van der Waals surface area contributed by atoms with Crippen molar-refractivity contribution in [2.24, 2.45) is 0 Å². The fourth-order valence-corrected chi connectivity index (χ4v) is 0.453. The molecule has 0 bridgehead atoms. The highest BCUT2D eigenvalue weighted by atomic mass is 35.5. The Bertz CT molecular complexity index is 152. The predicted octanol–water partition coefficient (Wildman–Crippen LogP) is 3.44. The lowest BCUT2D eigenvalue weighted by Gasteiger charge is -1.83. The van der Waals surface area contributed by atoms with Gasteiger partial charge in [-0.1, -0.05) is 18.2 Å². The Morgan fingerprint density at radius 3 is 1.07 bits per heavy atom. The number of hydrogen-bond donors (Lipinski definition) is 4. The van der Waals surface area contributed by atoms with E-state index >= 15 is 0 Å². The van der Waals surface area contributed by atoms with Crippen LogP contribution in [0.3, 0.4) is 0 Å². The third-order valence-corrected chi connectivity index (χ3v) is 0.800. The maximum atomic E-state index is 5.36. The molecule has 1 rings (SSSR count). The van der Waals surface area contributed by atoms with Crippen molar-refractivity contribution >= 4 is 55.3 Å². The Morgan fingerprint density at radius 2 is 0.929 bits per heavy atom. The van der Waals surface area contributed by atoms with Crippen LogP contribution in [-0.2, 0) is 0 Å². The summed E-state index contributed by atoms with van der Waals surface area (Å²) < 4.78 is 0. The van der Waals surface area contributed by atoms with E-state index in [0.29, 0.717) is 0 Å². The largest absolute Gasteiger partial charge is 0.399 e. The van der Waals surface area contributed by atoms with Crippen molar-refractivity contribution in [1.29, 1.82) is 0 Å². The van der Waals surface area contributed by atoms with Crippen molar-refractivity contribution in [3.63, 3.8) is 0 Å². The van der Waals surface area contributed by atoms with Gasteiger partial charge in [-0.3, -0.25) is 0 Å². The molecule has 92 valence electrons. The predicted molar refractivity (Wildman–Crippen MR) is 74.9 cm³/mol. The summed E-state index contributed by atoms with van der Waals surface area (Å²) in [6.07, 6.45) is 0. The van der Waals surface area contributed by atoms with E-state index in [4.69, 9.17) is 5.73 Å². The van der Waals surface area contributed by atoms with E-state index in [1.54, 1.807) is 0 Å². The molecule has 8 heteroatoms. The van der Waals surface area contributed by atoms with Crippen LogP contribution in [0.1, 0.15) is 0 Å². The second-order valence-electron chi connectivity index (χ2n) is 1.41. The van der Waals surface area contributed by atoms with Gasteiger partial charge in [0.05, 0.1) is 0 Å². The minimum Gasteiger partial charge on any atom is -0.399 e. The van der Waals surface area contributed by atoms with Crippen molar-refractivity contribution < 1.29 is 0 Å². The van der Waals surface area contributed by atoms with E-state index in [2.05, 4.69) is 0 Å². The van der Waals surface area contributed by atoms with Gasteiger partial charge in [-0.2, -0.15) is 0 Å². The third kappa shape index (κ3) is 22.7. The molecule has 11 N–H and O–H groups in total. The monoisotopic (exact) mass is 288 g/mol. The fourth-order valence-electron chi connectivity index (χ4n) is 0.453. The van der Waals surface area contributed by atoms with Gasteiger partial charge in [0, 0.05) is 5.69 Å². The zero-order valence-corrected chi connectivity index (χ0v) is 11.0. The van der Waals surface area contributed by atoms with Gasteiger partial charge < -0.3 is 24.2 Å². The van der Waals surface area contributed by atoms with Gasteiger partial charge in [-0.25, -0.2) is 0 Å². The number of hydrogen-bond acceptors (Lipinski definition) is 4. The summed E-state index contributed by atoms with van der Waals surface area (Å²) in [6.45, 7) is 0. The first-order valence-corrected chi connectivity index (χ1v) is 2.20. The van der Waals surface area contributed by atoms with Crippen molar-refractivity contribution in [1.82, 2.24) is 18.5 Å². The minimum absolute atomic E-state index is 0. The molecule has 0 aromatic heterocycles. The van der Waals surface area contributed by atoms with Gasteiger partial charge in [-0.05, 0) is 12.1 Å². The first-order valence-electron chi connectivity index (χ1n) is 2.20. The standard InChI is InChI=1S/C6H7N.4ClH.3H3N/c7-6-4-2-1-3-5-6;;;;;;;/h1-5H,7H2;4*1H;3*1H3. The van der Waals surface area contributed by atoms with Crippen molar-refractivity contribution in [3.8, 4) is 0 Å². The summed E-state index contributed by atoms with van der Waals surface area (Å²) in [7, 11) is 0. The van der Waals surface area contributed by atoms with E-state index in [9.17, 15) is 0 Å². The molecule has 14 heavy (non-hydrogen) atoms. The Kier molecular flexibility index (Phi) is 100. The molecular weight excluding hydrogens is 270 g/mol. The number of nitrogens with two attached hydrogens (primary N) is 1. The minimum atomic E-state index is 0.